The highest BCUT2D eigenvalue weighted by molar-refractivity contribution is 8.24. The molecule has 1 amide bonds. The summed E-state index contributed by atoms with van der Waals surface area (Å²) in [5.74, 6) is 1.68. The van der Waals surface area contributed by atoms with Gasteiger partial charge in [0.1, 0.15) is 22.4 Å². The Balaban J connectivity index is 1.32. The Morgan fingerprint density at radius 3 is 2.12 bits per heavy atom. The van der Waals surface area contributed by atoms with Crippen LogP contribution in [0.4, 0.5) is 0 Å². The van der Waals surface area contributed by atoms with Gasteiger partial charge in [-0.05, 0) is 54.3 Å². The maximum atomic E-state index is 13.0. The lowest BCUT2D eigenvalue weighted by molar-refractivity contribution is -0.126. The quantitative estimate of drug-likeness (QED) is 0.409. The number of nitrogens with zero attached hydrogens (tertiary/aromatic N) is 1. The van der Waals surface area contributed by atoms with Gasteiger partial charge in [-0.1, -0.05) is 78.1 Å². The highest BCUT2D eigenvalue weighted by Crippen LogP contribution is 2.31. The third-order valence-corrected chi connectivity index (χ3v) is 6.96. The number of hydrogen-bond acceptors (Lipinski definition) is 5. The monoisotopic (exact) mass is 463 g/mol. The second-order valence-corrected chi connectivity index (χ2v) is 9.60. The summed E-state index contributed by atoms with van der Waals surface area (Å²) in [7, 11) is 1.64. The average molecular weight is 464 g/mol. The maximum Gasteiger partial charge on any atom is 0.242 e. The van der Waals surface area contributed by atoms with E-state index >= 15 is 0 Å². The largest absolute Gasteiger partial charge is 0.497 e. The minimum Gasteiger partial charge on any atom is -0.497 e. The van der Waals surface area contributed by atoms with Crippen molar-refractivity contribution in [3.8, 4) is 11.5 Å². The summed E-state index contributed by atoms with van der Waals surface area (Å²) in [6.45, 7) is 3.09. The predicted octanol–water partition coefficient (Wildman–Crippen LogP) is 5.55. The molecule has 0 N–H and O–H groups in total. The van der Waals surface area contributed by atoms with E-state index < -0.39 is 0 Å². The molecule has 1 saturated heterocycles. The van der Waals surface area contributed by atoms with Gasteiger partial charge in [0.15, 0.2) is 0 Å². The number of methoxy groups -OCH3 is 1. The van der Waals surface area contributed by atoms with Crippen LogP contribution >= 0.6 is 24.0 Å². The number of aryl methyl sites for hydroxylation is 1. The van der Waals surface area contributed by atoms with Crippen molar-refractivity contribution in [3.63, 3.8) is 0 Å². The fraction of sp³-hybridized carbons (Fsp3) is 0.231. The maximum absolute atomic E-state index is 13.0. The molecule has 0 unspecified atom stereocenters. The Labute approximate surface area is 198 Å². The number of ether oxygens (including phenoxy) is 2. The number of benzene rings is 3. The van der Waals surface area contributed by atoms with Gasteiger partial charge in [-0.3, -0.25) is 9.69 Å². The topological polar surface area (TPSA) is 38.8 Å². The molecule has 1 atom stereocenters. The molecular weight excluding hydrogens is 438 g/mol. The highest BCUT2D eigenvalue weighted by atomic mass is 32.2. The average Bonchev–Trinajstić information content (AvgIpc) is 3.07. The van der Waals surface area contributed by atoms with Gasteiger partial charge in [0.25, 0.3) is 0 Å². The van der Waals surface area contributed by atoms with Gasteiger partial charge in [0.05, 0.1) is 18.9 Å². The Kier molecular flexibility index (Phi) is 7.12. The summed E-state index contributed by atoms with van der Waals surface area (Å²) in [5.41, 5.74) is 4.49. The number of rotatable bonds is 8. The normalized spacial score (nSPS) is 15.8. The van der Waals surface area contributed by atoms with Crippen LogP contribution in [0.15, 0.2) is 72.8 Å². The Hall–Kier alpha value is -2.83. The van der Waals surface area contributed by atoms with Crippen LogP contribution in [0, 0.1) is 6.92 Å². The molecule has 3 aromatic rings. The number of thiocarbonyl (C=S) groups is 1. The first-order chi connectivity index (χ1) is 15.5. The summed E-state index contributed by atoms with van der Waals surface area (Å²) in [5, 5.41) is -0.194. The fourth-order valence-corrected chi connectivity index (χ4v) is 5.00. The second-order valence-electron chi connectivity index (χ2n) is 7.77. The lowest BCUT2D eigenvalue weighted by atomic mass is 10.1. The molecule has 164 valence electrons. The van der Waals surface area contributed by atoms with E-state index in [0.717, 1.165) is 28.2 Å². The molecule has 0 saturated carbocycles. The van der Waals surface area contributed by atoms with Crippen LogP contribution in [-0.4, -0.2) is 27.5 Å². The van der Waals surface area contributed by atoms with Crippen molar-refractivity contribution in [1.82, 2.24) is 4.90 Å². The van der Waals surface area contributed by atoms with Crippen LogP contribution in [-0.2, 0) is 24.4 Å². The van der Waals surface area contributed by atoms with Crippen molar-refractivity contribution in [2.45, 2.75) is 31.7 Å². The van der Waals surface area contributed by atoms with Gasteiger partial charge >= 0.3 is 0 Å². The molecular formula is C26H25NO3S2. The smallest absolute Gasteiger partial charge is 0.242 e. The Morgan fingerprint density at radius 2 is 1.47 bits per heavy atom. The Bertz CT molecular complexity index is 1080. The van der Waals surface area contributed by atoms with Gasteiger partial charge in [-0.25, -0.2) is 0 Å². The van der Waals surface area contributed by atoms with Gasteiger partial charge < -0.3 is 9.47 Å². The van der Waals surface area contributed by atoms with Gasteiger partial charge in [-0.2, -0.15) is 0 Å². The third kappa shape index (κ3) is 5.50. The molecule has 0 aromatic heterocycles. The molecule has 0 spiro atoms. The minimum absolute atomic E-state index is 0.0653. The number of carbonyl (C=O) groups excluding carboxylic acids is 1. The summed E-state index contributed by atoms with van der Waals surface area (Å²) in [4.78, 5) is 14.7. The van der Waals surface area contributed by atoms with E-state index in [0.29, 0.717) is 23.9 Å². The molecule has 1 fully saturated rings. The van der Waals surface area contributed by atoms with Crippen molar-refractivity contribution < 1.29 is 14.3 Å². The minimum atomic E-state index is -0.194. The molecule has 0 radical (unpaired) electrons. The van der Waals surface area contributed by atoms with Crippen LogP contribution in [0.5, 0.6) is 11.5 Å². The number of thioether (sulfide) groups is 1. The van der Waals surface area contributed by atoms with Crippen LogP contribution in [0.3, 0.4) is 0 Å². The zero-order chi connectivity index (χ0) is 22.5. The highest BCUT2D eigenvalue weighted by Gasteiger charge is 2.36. The van der Waals surface area contributed by atoms with Crippen molar-refractivity contribution >= 4 is 34.2 Å². The molecule has 1 aliphatic rings. The molecule has 3 aromatic carbocycles. The molecule has 0 bridgehead atoms. The SMILES string of the molecule is COc1ccc(CN2C(=O)[C@H](Cc3ccc(OCc4ccc(C)cc4)cc3)SC2=S)cc1. The van der Waals surface area contributed by atoms with Gasteiger partial charge in [0, 0.05) is 0 Å². The van der Waals surface area contributed by atoms with Crippen LogP contribution in [0.2, 0.25) is 0 Å². The van der Waals surface area contributed by atoms with Crippen molar-refractivity contribution in [3.05, 3.63) is 95.1 Å². The van der Waals surface area contributed by atoms with E-state index in [1.807, 2.05) is 48.5 Å². The zero-order valence-electron chi connectivity index (χ0n) is 18.1. The number of carbonyl (C=O) groups is 1. The predicted molar refractivity (Wildman–Crippen MR) is 133 cm³/mol. The van der Waals surface area contributed by atoms with Gasteiger partial charge in [-0.15, -0.1) is 0 Å². The third-order valence-electron chi connectivity index (χ3n) is 5.38. The summed E-state index contributed by atoms with van der Waals surface area (Å²) in [6, 6.07) is 24.0. The van der Waals surface area contributed by atoms with Crippen molar-refractivity contribution in [2.75, 3.05) is 7.11 Å². The van der Waals surface area contributed by atoms with Crippen molar-refractivity contribution in [1.29, 1.82) is 0 Å². The standard InChI is InChI=1S/C26H25NO3S2/c1-18-3-5-21(6-4-18)17-30-23-13-7-19(8-14-23)15-24-25(28)27(26(31)32-24)16-20-9-11-22(29-2)12-10-20/h3-14,24H,15-17H2,1-2H3/t24-/m0/s1. The summed E-state index contributed by atoms with van der Waals surface area (Å²) < 4.78 is 11.7. The van der Waals surface area contributed by atoms with E-state index in [9.17, 15) is 4.79 Å². The number of amides is 1. The molecule has 0 aliphatic carbocycles. The molecule has 1 aliphatic heterocycles. The first-order valence-corrected chi connectivity index (χ1v) is 11.7. The first kappa shape index (κ1) is 22.4. The van der Waals surface area contributed by atoms with E-state index in [4.69, 9.17) is 21.7 Å². The second kappa shape index (κ2) is 10.2. The first-order valence-electron chi connectivity index (χ1n) is 10.4. The van der Waals surface area contributed by atoms with Crippen LogP contribution in [0.25, 0.3) is 0 Å². The van der Waals surface area contributed by atoms with Crippen LogP contribution in [0.1, 0.15) is 22.3 Å². The summed E-state index contributed by atoms with van der Waals surface area (Å²) >= 11 is 6.96. The zero-order valence-corrected chi connectivity index (χ0v) is 19.7. The van der Waals surface area contributed by atoms with E-state index in [2.05, 4.69) is 31.2 Å². The lowest BCUT2D eigenvalue weighted by Crippen LogP contribution is -2.31. The molecule has 6 heteroatoms. The fourth-order valence-electron chi connectivity index (χ4n) is 3.47. The molecule has 1 heterocycles. The van der Waals surface area contributed by atoms with Crippen LogP contribution < -0.4 is 9.47 Å². The van der Waals surface area contributed by atoms with E-state index in [-0.39, 0.29) is 11.2 Å². The van der Waals surface area contributed by atoms with Gasteiger partial charge in [0.2, 0.25) is 5.91 Å². The van der Waals surface area contributed by atoms with Crippen molar-refractivity contribution in [2.24, 2.45) is 0 Å². The number of hydrogen-bond donors (Lipinski definition) is 0. The molecule has 4 rings (SSSR count). The Morgan fingerprint density at radius 1 is 0.875 bits per heavy atom. The summed E-state index contributed by atoms with van der Waals surface area (Å²) in [6.07, 6.45) is 0.640. The molecule has 4 nitrogen and oxygen atoms in total. The lowest BCUT2D eigenvalue weighted by Gasteiger charge is -2.16. The van der Waals surface area contributed by atoms with E-state index in [1.165, 1.54) is 17.3 Å². The van der Waals surface area contributed by atoms with E-state index in [1.54, 1.807) is 12.0 Å². The molecule has 32 heavy (non-hydrogen) atoms.